The summed E-state index contributed by atoms with van der Waals surface area (Å²) in [4.78, 5) is 12.4. The lowest BCUT2D eigenvalue weighted by atomic mass is 9.86. The molecule has 1 unspecified atom stereocenters. The second kappa shape index (κ2) is 6.67. The number of nitrogens with one attached hydrogen (secondary N) is 1. The number of ether oxygens (including phenoxy) is 1. The average molecular weight is 311 g/mol. The maximum absolute atomic E-state index is 12.4. The van der Waals surface area contributed by atoms with Crippen LogP contribution in [0, 0.1) is 0 Å². The van der Waals surface area contributed by atoms with E-state index in [1.165, 1.54) is 0 Å². The van der Waals surface area contributed by atoms with Crippen molar-refractivity contribution in [1.29, 1.82) is 0 Å². The van der Waals surface area contributed by atoms with Gasteiger partial charge in [-0.3, -0.25) is 4.79 Å². The number of rotatable bonds is 4. The highest BCUT2D eigenvalue weighted by atomic mass is 35.5. The minimum atomic E-state index is -0.166. The van der Waals surface area contributed by atoms with E-state index in [1.807, 2.05) is 0 Å². The maximum Gasteiger partial charge on any atom is 0.253 e. The van der Waals surface area contributed by atoms with E-state index in [0.29, 0.717) is 22.9 Å². The van der Waals surface area contributed by atoms with Crippen molar-refractivity contribution in [3.05, 3.63) is 28.8 Å². The highest BCUT2D eigenvalue weighted by Crippen LogP contribution is 2.31. The van der Waals surface area contributed by atoms with Crippen LogP contribution in [0.5, 0.6) is 0 Å². The molecule has 1 atom stereocenters. The Labute approximate surface area is 131 Å². The van der Waals surface area contributed by atoms with Crippen LogP contribution in [0.2, 0.25) is 5.02 Å². The highest BCUT2D eigenvalue weighted by Gasteiger charge is 2.35. The number of amides is 1. The molecule has 0 spiro atoms. The zero-order chi connectivity index (χ0) is 15.5. The Hall–Kier alpha value is -1.26. The minimum absolute atomic E-state index is 0.114. The van der Waals surface area contributed by atoms with Crippen molar-refractivity contribution in [2.45, 2.75) is 51.2 Å². The molecule has 1 saturated heterocycles. The Balaban J connectivity index is 2.07. The van der Waals surface area contributed by atoms with Gasteiger partial charge < -0.3 is 15.8 Å². The molecule has 1 aliphatic rings. The summed E-state index contributed by atoms with van der Waals surface area (Å²) < 4.78 is 5.93. The van der Waals surface area contributed by atoms with Crippen LogP contribution in [0.1, 0.15) is 49.9 Å². The van der Waals surface area contributed by atoms with Crippen molar-refractivity contribution in [2.75, 3.05) is 12.3 Å². The molecule has 0 radical (unpaired) electrons. The first kappa shape index (κ1) is 16.1. The van der Waals surface area contributed by atoms with E-state index in [4.69, 9.17) is 22.1 Å². The standard InChI is InChI=1S/C16H23ClN2O2/c1-3-16(4-2)10-12(7-8-21-16)19-15(20)13-9-11(18)5-6-14(13)17/h5-6,9,12H,3-4,7-8,10,18H2,1-2H3,(H,19,20). The molecule has 21 heavy (non-hydrogen) atoms. The van der Waals surface area contributed by atoms with Gasteiger partial charge in [0.2, 0.25) is 0 Å². The lowest BCUT2D eigenvalue weighted by Gasteiger charge is -2.40. The van der Waals surface area contributed by atoms with Crippen molar-refractivity contribution >= 4 is 23.2 Å². The van der Waals surface area contributed by atoms with Crippen LogP contribution in [0.15, 0.2) is 18.2 Å². The second-order valence-electron chi connectivity index (χ2n) is 5.64. The smallest absolute Gasteiger partial charge is 0.253 e. The number of halogens is 1. The van der Waals surface area contributed by atoms with E-state index in [-0.39, 0.29) is 17.6 Å². The summed E-state index contributed by atoms with van der Waals surface area (Å²) in [5.74, 6) is -0.166. The topological polar surface area (TPSA) is 64.4 Å². The summed E-state index contributed by atoms with van der Waals surface area (Å²) in [5, 5.41) is 3.49. The molecule has 116 valence electrons. The summed E-state index contributed by atoms with van der Waals surface area (Å²) in [6, 6.07) is 5.07. The van der Waals surface area contributed by atoms with Gasteiger partial charge in [-0.25, -0.2) is 0 Å². The van der Waals surface area contributed by atoms with Crippen molar-refractivity contribution in [3.8, 4) is 0 Å². The van der Waals surface area contributed by atoms with Gasteiger partial charge in [-0.05, 0) is 43.9 Å². The van der Waals surface area contributed by atoms with Gasteiger partial charge >= 0.3 is 0 Å². The van der Waals surface area contributed by atoms with Gasteiger partial charge in [0.1, 0.15) is 0 Å². The Morgan fingerprint density at radius 2 is 2.19 bits per heavy atom. The molecule has 4 nitrogen and oxygen atoms in total. The first-order chi connectivity index (χ1) is 9.99. The van der Waals surface area contributed by atoms with Gasteiger partial charge in [0.15, 0.2) is 0 Å². The van der Waals surface area contributed by atoms with Crippen molar-refractivity contribution in [3.63, 3.8) is 0 Å². The summed E-state index contributed by atoms with van der Waals surface area (Å²) >= 11 is 6.08. The van der Waals surface area contributed by atoms with E-state index in [1.54, 1.807) is 18.2 Å². The van der Waals surface area contributed by atoms with Crippen LogP contribution in [0.25, 0.3) is 0 Å². The van der Waals surface area contributed by atoms with Gasteiger partial charge in [-0.1, -0.05) is 25.4 Å². The van der Waals surface area contributed by atoms with E-state index in [2.05, 4.69) is 19.2 Å². The van der Waals surface area contributed by atoms with Crippen LogP contribution in [-0.2, 0) is 4.74 Å². The first-order valence-corrected chi connectivity index (χ1v) is 7.87. The number of carbonyl (C=O) groups excluding carboxylic acids is 1. The van der Waals surface area contributed by atoms with Gasteiger partial charge in [0.25, 0.3) is 5.91 Å². The van der Waals surface area contributed by atoms with Crippen LogP contribution in [0.3, 0.4) is 0 Å². The third-order valence-electron chi connectivity index (χ3n) is 4.35. The summed E-state index contributed by atoms with van der Waals surface area (Å²) in [5.41, 5.74) is 6.58. The van der Waals surface area contributed by atoms with Gasteiger partial charge in [0.05, 0.1) is 16.2 Å². The van der Waals surface area contributed by atoms with E-state index in [9.17, 15) is 4.79 Å². The SMILES string of the molecule is CCC1(CC)CC(NC(=O)c2cc(N)ccc2Cl)CCO1. The Morgan fingerprint density at radius 1 is 1.48 bits per heavy atom. The zero-order valence-corrected chi connectivity index (χ0v) is 13.4. The van der Waals surface area contributed by atoms with Crippen molar-refractivity contribution in [2.24, 2.45) is 0 Å². The van der Waals surface area contributed by atoms with Gasteiger partial charge in [-0.2, -0.15) is 0 Å². The number of carbonyl (C=O) groups is 1. The molecule has 5 heteroatoms. The van der Waals surface area contributed by atoms with Crippen LogP contribution in [0.4, 0.5) is 5.69 Å². The molecule has 0 aromatic heterocycles. The average Bonchev–Trinajstić information content (AvgIpc) is 2.49. The molecular formula is C16H23ClN2O2. The zero-order valence-electron chi connectivity index (χ0n) is 12.6. The maximum atomic E-state index is 12.4. The number of nitrogen functional groups attached to an aromatic ring is 1. The molecule has 2 rings (SSSR count). The molecule has 3 N–H and O–H groups in total. The van der Waals surface area contributed by atoms with Crippen molar-refractivity contribution in [1.82, 2.24) is 5.32 Å². The number of nitrogens with two attached hydrogens (primary N) is 1. The van der Waals surface area contributed by atoms with Crippen LogP contribution in [-0.4, -0.2) is 24.2 Å². The quantitative estimate of drug-likeness (QED) is 0.838. The molecule has 1 aromatic rings. The lowest BCUT2D eigenvalue weighted by molar-refractivity contribution is -0.0917. The Morgan fingerprint density at radius 3 is 2.86 bits per heavy atom. The molecule has 1 aromatic carbocycles. The lowest BCUT2D eigenvalue weighted by Crippen LogP contribution is -2.48. The number of hydrogen-bond donors (Lipinski definition) is 2. The van der Waals surface area contributed by atoms with E-state index >= 15 is 0 Å². The highest BCUT2D eigenvalue weighted by molar-refractivity contribution is 6.34. The number of anilines is 1. The molecular weight excluding hydrogens is 288 g/mol. The predicted octanol–water partition coefficient (Wildman–Crippen LogP) is 3.39. The van der Waals surface area contributed by atoms with E-state index < -0.39 is 0 Å². The molecule has 0 saturated carbocycles. The summed E-state index contributed by atoms with van der Waals surface area (Å²) in [7, 11) is 0. The molecule has 1 amide bonds. The van der Waals surface area contributed by atoms with Crippen LogP contribution >= 0.6 is 11.6 Å². The fraction of sp³-hybridized carbons (Fsp3) is 0.562. The predicted molar refractivity (Wildman–Crippen MR) is 85.6 cm³/mol. The minimum Gasteiger partial charge on any atom is -0.399 e. The molecule has 1 aliphatic heterocycles. The molecule has 0 aliphatic carbocycles. The van der Waals surface area contributed by atoms with Crippen molar-refractivity contribution < 1.29 is 9.53 Å². The first-order valence-electron chi connectivity index (χ1n) is 7.49. The largest absolute Gasteiger partial charge is 0.399 e. The number of hydrogen-bond acceptors (Lipinski definition) is 3. The Kier molecular flexibility index (Phi) is 5.12. The van der Waals surface area contributed by atoms with Gasteiger partial charge in [0, 0.05) is 18.3 Å². The summed E-state index contributed by atoms with van der Waals surface area (Å²) in [6.07, 6.45) is 3.57. The second-order valence-corrected chi connectivity index (χ2v) is 6.05. The number of benzene rings is 1. The Bertz CT molecular complexity index is 515. The monoisotopic (exact) mass is 310 g/mol. The fourth-order valence-electron chi connectivity index (χ4n) is 2.87. The van der Waals surface area contributed by atoms with Crippen LogP contribution < -0.4 is 11.1 Å². The molecule has 0 bridgehead atoms. The third-order valence-corrected chi connectivity index (χ3v) is 4.68. The summed E-state index contributed by atoms with van der Waals surface area (Å²) in [6.45, 7) is 4.93. The molecule has 1 heterocycles. The van der Waals surface area contributed by atoms with Gasteiger partial charge in [-0.15, -0.1) is 0 Å². The normalized spacial score (nSPS) is 21.0. The molecule has 1 fully saturated rings. The third kappa shape index (κ3) is 3.69. The van der Waals surface area contributed by atoms with E-state index in [0.717, 1.165) is 25.7 Å². The fourth-order valence-corrected chi connectivity index (χ4v) is 3.08.